The van der Waals surface area contributed by atoms with E-state index in [1.807, 2.05) is 37.3 Å². The van der Waals surface area contributed by atoms with Crippen LogP contribution >= 0.6 is 0 Å². The van der Waals surface area contributed by atoms with E-state index in [1.165, 1.54) is 0 Å². The lowest BCUT2D eigenvalue weighted by molar-refractivity contribution is -0.131. The van der Waals surface area contributed by atoms with Crippen molar-refractivity contribution in [3.8, 4) is 0 Å². The van der Waals surface area contributed by atoms with Crippen molar-refractivity contribution in [2.24, 2.45) is 5.16 Å². The molecule has 4 nitrogen and oxygen atoms in total. The van der Waals surface area contributed by atoms with Gasteiger partial charge in [0.2, 0.25) is 6.10 Å². The van der Waals surface area contributed by atoms with Gasteiger partial charge in [-0.05, 0) is 18.9 Å². The van der Waals surface area contributed by atoms with Gasteiger partial charge in [-0.2, -0.15) is 0 Å². The van der Waals surface area contributed by atoms with Crippen molar-refractivity contribution in [1.82, 2.24) is 5.32 Å². The molecule has 1 amide bonds. The summed E-state index contributed by atoms with van der Waals surface area (Å²) in [5, 5.41) is 6.82. The highest BCUT2D eigenvalue weighted by Gasteiger charge is 2.28. The molecule has 19 heavy (non-hydrogen) atoms. The third-order valence-electron chi connectivity index (χ3n) is 2.92. The van der Waals surface area contributed by atoms with Gasteiger partial charge >= 0.3 is 0 Å². The molecule has 1 unspecified atom stereocenters. The summed E-state index contributed by atoms with van der Waals surface area (Å²) in [7, 11) is 0. The molecule has 0 saturated carbocycles. The predicted molar refractivity (Wildman–Crippen MR) is 74.9 cm³/mol. The van der Waals surface area contributed by atoms with Crippen LogP contribution in [0.3, 0.4) is 0 Å². The van der Waals surface area contributed by atoms with Crippen LogP contribution in [0.2, 0.25) is 0 Å². The third kappa shape index (κ3) is 3.68. The van der Waals surface area contributed by atoms with Gasteiger partial charge in [0.25, 0.3) is 5.91 Å². The van der Waals surface area contributed by atoms with Crippen molar-refractivity contribution >= 4 is 11.6 Å². The number of rotatable bonds is 5. The van der Waals surface area contributed by atoms with Crippen LogP contribution in [0.25, 0.3) is 0 Å². The number of nitrogens with one attached hydrogen (secondary N) is 1. The molecule has 1 aliphatic rings. The Kier molecular flexibility index (Phi) is 4.34. The van der Waals surface area contributed by atoms with Crippen molar-refractivity contribution < 1.29 is 9.63 Å². The van der Waals surface area contributed by atoms with Crippen LogP contribution in [-0.2, 0) is 9.63 Å². The number of benzene rings is 1. The summed E-state index contributed by atoms with van der Waals surface area (Å²) in [5.41, 5.74) is 2.87. The Morgan fingerprint density at radius 2 is 2.21 bits per heavy atom. The Labute approximate surface area is 113 Å². The highest BCUT2D eigenvalue weighted by molar-refractivity contribution is 6.04. The molecule has 1 heterocycles. The molecule has 2 rings (SSSR count). The van der Waals surface area contributed by atoms with E-state index in [-0.39, 0.29) is 5.91 Å². The molecule has 1 atom stereocenters. The van der Waals surface area contributed by atoms with Crippen LogP contribution in [0.4, 0.5) is 0 Å². The minimum absolute atomic E-state index is 0.115. The standard InChI is InChI=1S/C15H18N2O2/c1-11(2)8-9-16-15(18)14-10-13(17-19-14)12-6-4-3-5-7-12/h3-7,14H,1,8-10H2,2H3,(H,16,18). The van der Waals surface area contributed by atoms with Crippen LogP contribution in [0, 0.1) is 0 Å². The Morgan fingerprint density at radius 3 is 2.89 bits per heavy atom. The maximum Gasteiger partial charge on any atom is 0.264 e. The fourth-order valence-corrected chi connectivity index (χ4v) is 1.83. The Morgan fingerprint density at radius 1 is 1.47 bits per heavy atom. The van der Waals surface area contributed by atoms with Crippen LogP contribution < -0.4 is 5.32 Å². The van der Waals surface area contributed by atoms with Gasteiger partial charge in [-0.25, -0.2) is 0 Å². The van der Waals surface area contributed by atoms with E-state index >= 15 is 0 Å². The second kappa shape index (κ2) is 6.18. The van der Waals surface area contributed by atoms with Crippen LogP contribution in [0.15, 0.2) is 47.6 Å². The third-order valence-corrected chi connectivity index (χ3v) is 2.92. The van der Waals surface area contributed by atoms with Crippen LogP contribution in [0.1, 0.15) is 25.3 Å². The van der Waals surface area contributed by atoms with Gasteiger partial charge in [0.15, 0.2) is 0 Å². The predicted octanol–water partition coefficient (Wildman–Crippen LogP) is 2.26. The first-order valence-electron chi connectivity index (χ1n) is 6.37. The number of nitrogens with zero attached hydrogens (tertiary/aromatic N) is 1. The maximum absolute atomic E-state index is 11.9. The molecule has 0 aromatic heterocycles. The molecule has 0 radical (unpaired) electrons. The van der Waals surface area contributed by atoms with Gasteiger partial charge in [-0.15, -0.1) is 6.58 Å². The molecule has 0 bridgehead atoms. The number of hydrogen-bond donors (Lipinski definition) is 1. The average molecular weight is 258 g/mol. The molecule has 0 spiro atoms. The molecule has 0 saturated heterocycles. The molecule has 1 N–H and O–H groups in total. The first kappa shape index (κ1) is 13.3. The minimum atomic E-state index is -0.514. The Bertz CT molecular complexity index is 494. The van der Waals surface area contributed by atoms with Crippen molar-refractivity contribution in [2.45, 2.75) is 25.9 Å². The monoisotopic (exact) mass is 258 g/mol. The van der Waals surface area contributed by atoms with Crippen LogP contribution in [-0.4, -0.2) is 24.3 Å². The Hall–Kier alpha value is -2.10. The van der Waals surface area contributed by atoms with Crippen LogP contribution in [0.5, 0.6) is 0 Å². The minimum Gasteiger partial charge on any atom is -0.382 e. The molecule has 4 heteroatoms. The summed E-state index contributed by atoms with van der Waals surface area (Å²) < 4.78 is 0. The van der Waals surface area contributed by atoms with Crippen molar-refractivity contribution in [3.63, 3.8) is 0 Å². The van der Waals surface area contributed by atoms with Gasteiger partial charge < -0.3 is 10.2 Å². The maximum atomic E-state index is 11.9. The second-order valence-electron chi connectivity index (χ2n) is 4.70. The zero-order chi connectivity index (χ0) is 13.7. The summed E-state index contributed by atoms with van der Waals surface area (Å²) in [4.78, 5) is 17.1. The van der Waals surface area contributed by atoms with Gasteiger partial charge in [0, 0.05) is 13.0 Å². The van der Waals surface area contributed by atoms with E-state index in [4.69, 9.17) is 4.84 Å². The second-order valence-corrected chi connectivity index (χ2v) is 4.70. The molecule has 1 aliphatic heterocycles. The number of oxime groups is 1. The average Bonchev–Trinajstić information content (AvgIpc) is 2.89. The van der Waals surface area contributed by atoms with Crippen molar-refractivity contribution in [3.05, 3.63) is 48.0 Å². The summed E-state index contributed by atoms with van der Waals surface area (Å²) in [6.07, 6.45) is 0.786. The lowest BCUT2D eigenvalue weighted by atomic mass is 10.0. The van der Waals surface area contributed by atoms with Gasteiger partial charge in [0.05, 0.1) is 5.71 Å². The van der Waals surface area contributed by atoms with E-state index in [0.717, 1.165) is 23.3 Å². The van der Waals surface area contributed by atoms with Crippen molar-refractivity contribution in [1.29, 1.82) is 0 Å². The number of carbonyl (C=O) groups is 1. The van der Waals surface area contributed by atoms with E-state index in [9.17, 15) is 4.79 Å². The van der Waals surface area contributed by atoms with Crippen molar-refractivity contribution in [2.75, 3.05) is 6.54 Å². The van der Waals surface area contributed by atoms with Gasteiger partial charge in [-0.3, -0.25) is 4.79 Å². The molecular weight excluding hydrogens is 240 g/mol. The quantitative estimate of drug-likeness (QED) is 0.824. The Balaban J connectivity index is 1.84. The van der Waals surface area contributed by atoms with Gasteiger partial charge in [-0.1, -0.05) is 41.1 Å². The lowest BCUT2D eigenvalue weighted by Gasteiger charge is -2.09. The first-order valence-corrected chi connectivity index (χ1v) is 6.37. The summed E-state index contributed by atoms with van der Waals surface area (Å²) in [5.74, 6) is -0.115. The van der Waals surface area contributed by atoms with E-state index in [2.05, 4.69) is 17.1 Å². The molecular formula is C15H18N2O2. The highest BCUT2D eigenvalue weighted by atomic mass is 16.6. The smallest absolute Gasteiger partial charge is 0.264 e. The zero-order valence-corrected chi connectivity index (χ0v) is 11.1. The fraction of sp³-hybridized carbons (Fsp3) is 0.333. The summed E-state index contributed by atoms with van der Waals surface area (Å²) >= 11 is 0. The SMILES string of the molecule is C=C(C)CCNC(=O)C1CC(c2ccccc2)=NO1. The number of carbonyl (C=O) groups excluding carboxylic acids is 1. The highest BCUT2D eigenvalue weighted by Crippen LogP contribution is 2.16. The topological polar surface area (TPSA) is 50.7 Å². The van der Waals surface area contributed by atoms with E-state index < -0.39 is 6.10 Å². The molecule has 1 aromatic rings. The lowest BCUT2D eigenvalue weighted by Crippen LogP contribution is -2.35. The molecule has 100 valence electrons. The summed E-state index contributed by atoms with van der Waals surface area (Å²) in [6.45, 7) is 6.33. The molecule has 0 fully saturated rings. The fourth-order valence-electron chi connectivity index (χ4n) is 1.83. The van der Waals surface area contributed by atoms with Gasteiger partial charge in [0.1, 0.15) is 0 Å². The summed E-state index contributed by atoms with van der Waals surface area (Å²) in [6, 6.07) is 9.75. The normalized spacial score (nSPS) is 17.5. The largest absolute Gasteiger partial charge is 0.382 e. The number of amides is 1. The molecule has 1 aromatic carbocycles. The van der Waals surface area contributed by atoms with E-state index in [1.54, 1.807) is 0 Å². The number of hydrogen-bond acceptors (Lipinski definition) is 3. The molecule has 0 aliphatic carbocycles. The first-order chi connectivity index (χ1) is 9.16. The zero-order valence-electron chi connectivity index (χ0n) is 11.1. The van der Waals surface area contributed by atoms with E-state index in [0.29, 0.717) is 13.0 Å².